The molecule has 34 heavy (non-hydrogen) atoms. The molecule has 0 spiro atoms. The van der Waals surface area contributed by atoms with Crippen LogP contribution in [-0.4, -0.2) is 22.0 Å². The van der Waals surface area contributed by atoms with Gasteiger partial charge in [-0.3, -0.25) is 10.1 Å². The van der Waals surface area contributed by atoms with Gasteiger partial charge in [0.2, 0.25) is 5.78 Å². The van der Waals surface area contributed by atoms with Gasteiger partial charge in [-0.15, -0.1) is 0 Å². The quantitative estimate of drug-likeness (QED) is 0.263. The number of hydrogen-bond acceptors (Lipinski definition) is 4. The SMILES string of the molecule is CC(C)(C)OC(=O)Nc1ccccc1NC(C(=O)c1ccccc1)n1ccc2c(Br)cccc21. The van der Waals surface area contributed by atoms with E-state index >= 15 is 0 Å². The number of halogens is 1. The second-order valence-electron chi connectivity index (χ2n) is 8.85. The number of carbonyl (C=O) groups is 2. The molecule has 0 fully saturated rings. The Morgan fingerprint density at radius 1 is 0.882 bits per heavy atom. The second-order valence-corrected chi connectivity index (χ2v) is 9.70. The Morgan fingerprint density at radius 2 is 1.56 bits per heavy atom. The zero-order chi connectivity index (χ0) is 24.3. The van der Waals surface area contributed by atoms with E-state index in [-0.39, 0.29) is 5.78 Å². The summed E-state index contributed by atoms with van der Waals surface area (Å²) in [5.41, 5.74) is 1.96. The van der Waals surface area contributed by atoms with Crippen molar-refractivity contribution >= 4 is 50.1 Å². The average Bonchev–Trinajstić information content (AvgIpc) is 3.22. The first-order chi connectivity index (χ1) is 16.2. The van der Waals surface area contributed by atoms with Gasteiger partial charge >= 0.3 is 6.09 Å². The summed E-state index contributed by atoms with van der Waals surface area (Å²) >= 11 is 3.59. The molecular formula is C27H26BrN3O3. The number of ether oxygens (including phenoxy) is 1. The number of anilines is 2. The van der Waals surface area contributed by atoms with E-state index in [1.807, 2.05) is 71.4 Å². The molecule has 0 aliphatic heterocycles. The summed E-state index contributed by atoms with van der Waals surface area (Å²) in [5, 5.41) is 7.14. The Labute approximate surface area is 207 Å². The first kappa shape index (κ1) is 23.6. The standard InChI is InChI=1S/C27H26BrN3O3/c1-27(2,3)34-26(33)30-22-14-8-7-13-21(22)29-25(24(32)18-10-5-4-6-11-18)31-17-16-19-20(28)12-9-15-23(19)31/h4-17,25,29H,1-3H3,(H,30,33). The molecule has 0 radical (unpaired) electrons. The molecule has 1 aromatic heterocycles. The molecule has 6 nitrogen and oxygen atoms in total. The van der Waals surface area contributed by atoms with Crippen molar-refractivity contribution in [3.8, 4) is 0 Å². The Bertz CT molecular complexity index is 1330. The summed E-state index contributed by atoms with van der Waals surface area (Å²) < 4.78 is 8.25. The van der Waals surface area contributed by atoms with E-state index in [0.29, 0.717) is 16.9 Å². The fourth-order valence-corrected chi connectivity index (χ4v) is 4.16. The largest absolute Gasteiger partial charge is 0.444 e. The Morgan fingerprint density at radius 3 is 2.26 bits per heavy atom. The van der Waals surface area contributed by atoms with E-state index in [9.17, 15) is 9.59 Å². The maximum absolute atomic E-state index is 13.7. The third-order valence-electron chi connectivity index (χ3n) is 5.15. The third kappa shape index (κ3) is 5.31. The van der Waals surface area contributed by atoms with E-state index in [4.69, 9.17) is 4.74 Å². The van der Waals surface area contributed by atoms with Crippen molar-refractivity contribution < 1.29 is 14.3 Å². The zero-order valence-electron chi connectivity index (χ0n) is 19.2. The molecule has 1 heterocycles. The maximum Gasteiger partial charge on any atom is 0.412 e. The van der Waals surface area contributed by atoms with Crippen LogP contribution in [0.25, 0.3) is 10.9 Å². The molecule has 0 aliphatic rings. The predicted molar refractivity (Wildman–Crippen MR) is 139 cm³/mol. The Kier molecular flexibility index (Phi) is 6.75. The predicted octanol–water partition coefficient (Wildman–Crippen LogP) is 7.24. The smallest absolute Gasteiger partial charge is 0.412 e. The number of para-hydroxylation sites is 2. The number of nitrogens with one attached hydrogen (secondary N) is 2. The summed E-state index contributed by atoms with van der Waals surface area (Å²) in [4.78, 5) is 26.1. The minimum Gasteiger partial charge on any atom is -0.444 e. The fraction of sp³-hybridized carbons (Fsp3) is 0.185. The van der Waals surface area contributed by atoms with Crippen LogP contribution in [0, 0.1) is 0 Å². The number of benzene rings is 3. The highest BCUT2D eigenvalue weighted by atomic mass is 79.9. The number of Topliss-reactive ketones (excluding diaryl/α,β-unsaturated/α-hetero) is 1. The van der Waals surface area contributed by atoms with Crippen molar-refractivity contribution in [2.24, 2.45) is 0 Å². The van der Waals surface area contributed by atoms with Crippen LogP contribution >= 0.6 is 15.9 Å². The maximum atomic E-state index is 13.7. The number of rotatable bonds is 6. The molecule has 7 heteroatoms. The number of hydrogen-bond donors (Lipinski definition) is 2. The summed E-state index contributed by atoms with van der Waals surface area (Å²) in [5.74, 6) is -0.106. The monoisotopic (exact) mass is 519 g/mol. The molecule has 1 unspecified atom stereocenters. The molecule has 4 aromatic rings. The number of aromatic nitrogens is 1. The van der Waals surface area contributed by atoms with Crippen LogP contribution in [0.15, 0.2) is 89.5 Å². The Hall–Kier alpha value is -3.58. The van der Waals surface area contributed by atoms with Crippen molar-refractivity contribution in [3.63, 3.8) is 0 Å². The first-order valence-corrected chi connectivity index (χ1v) is 11.7. The average molecular weight is 520 g/mol. The first-order valence-electron chi connectivity index (χ1n) is 10.9. The lowest BCUT2D eigenvalue weighted by atomic mass is 10.1. The van der Waals surface area contributed by atoms with Crippen LogP contribution in [0.1, 0.15) is 37.3 Å². The third-order valence-corrected chi connectivity index (χ3v) is 5.84. The van der Waals surface area contributed by atoms with Gasteiger partial charge in [0.25, 0.3) is 0 Å². The molecule has 0 aliphatic carbocycles. The number of nitrogens with zero attached hydrogens (tertiary/aromatic N) is 1. The van der Waals surface area contributed by atoms with E-state index in [2.05, 4.69) is 26.6 Å². The van der Waals surface area contributed by atoms with Gasteiger partial charge < -0.3 is 14.6 Å². The highest BCUT2D eigenvalue weighted by Crippen LogP contribution is 2.31. The molecule has 3 aromatic carbocycles. The van der Waals surface area contributed by atoms with Gasteiger partial charge in [0.05, 0.1) is 16.9 Å². The van der Waals surface area contributed by atoms with Crippen LogP contribution < -0.4 is 10.6 Å². The molecule has 4 rings (SSSR count). The zero-order valence-corrected chi connectivity index (χ0v) is 20.8. The minimum atomic E-state index is -0.754. The molecule has 0 saturated heterocycles. The lowest BCUT2D eigenvalue weighted by Gasteiger charge is -2.24. The molecular weight excluding hydrogens is 494 g/mol. The van der Waals surface area contributed by atoms with Crippen molar-refractivity contribution in [3.05, 3.63) is 95.1 Å². The van der Waals surface area contributed by atoms with Gasteiger partial charge in [0.15, 0.2) is 6.17 Å². The molecule has 0 bridgehead atoms. The van der Waals surface area contributed by atoms with E-state index < -0.39 is 17.9 Å². The molecule has 0 saturated carbocycles. The highest BCUT2D eigenvalue weighted by Gasteiger charge is 2.25. The van der Waals surface area contributed by atoms with Crippen molar-refractivity contribution in [2.75, 3.05) is 10.6 Å². The van der Waals surface area contributed by atoms with Crippen molar-refractivity contribution in [1.82, 2.24) is 4.57 Å². The molecule has 1 amide bonds. The van der Waals surface area contributed by atoms with E-state index in [1.165, 1.54) is 0 Å². The molecule has 174 valence electrons. The van der Waals surface area contributed by atoms with Crippen LogP contribution in [-0.2, 0) is 4.74 Å². The number of carbonyl (C=O) groups excluding carboxylic acids is 2. The lowest BCUT2D eigenvalue weighted by Crippen LogP contribution is -2.29. The highest BCUT2D eigenvalue weighted by molar-refractivity contribution is 9.10. The van der Waals surface area contributed by atoms with Gasteiger partial charge in [-0.05, 0) is 51.1 Å². The van der Waals surface area contributed by atoms with Gasteiger partial charge in [0.1, 0.15) is 5.60 Å². The number of amides is 1. The summed E-state index contributed by atoms with van der Waals surface area (Å²) in [7, 11) is 0. The number of ketones is 1. The lowest BCUT2D eigenvalue weighted by molar-refractivity contribution is 0.0636. The van der Waals surface area contributed by atoms with Crippen LogP contribution in [0.2, 0.25) is 0 Å². The minimum absolute atomic E-state index is 0.106. The molecule has 2 N–H and O–H groups in total. The van der Waals surface area contributed by atoms with Crippen LogP contribution in [0.4, 0.5) is 16.2 Å². The van der Waals surface area contributed by atoms with Gasteiger partial charge in [-0.2, -0.15) is 0 Å². The summed E-state index contributed by atoms with van der Waals surface area (Å²) in [6, 6.07) is 24.2. The van der Waals surface area contributed by atoms with Crippen LogP contribution in [0.5, 0.6) is 0 Å². The van der Waals surface area contributed by atoms with Gasteiger partial charge in [0, 0.05) is 21.6 Å². The second kappa shape index (κ2) is 9.73. The van der Waals surface area contributed by atoms with Crippen LogP contribution in [0.3, 0.4) is 0 Å². The van der Waals surface area contributed by atoms with Crippen molar-refractivity contribution in [1.29, 1.82) is 0 Å². The van der Waals surface area contributed by atoms with E-state index in [1.54, 1.807) is 39.0 Å². The van der Waals surface area contributed by atoms with Crippen molar-refractivity contribution in [2.45, 2.75) is 32.5 Å². The Balaban J connectivity index is 1.74. The van der Waals surface area contributed by atoms with Gasteiger partial charge in [-0.1, -0.05) is 64.5 Å². The fourth-order valence-electron chi connectivity index (χ4n) is 3.68. The number of fused-ring (bicyclic) bond motifs is 1. The topological polar surface area (TPSA) is 72.4 Å². The summed E-state index contributed by atoms with van der Waals surface area (Å²) in [6.07, 6.45) is 0.566. The molecule has 1 atom stereocenters. The van der Waals surface area contributed by atoms with Gasteiger partial charge in [-0.25, -0.2) is 4.79 Å². The van der Waals surface area contributed by atoms with E-state index in [0.717, 1.165) is 15.4 Å². The summed E-state index contributed by atoms with van der Waals surface area (Å²) in [6.45, 7) is 5.42. The normalized spacial score (nSPS) is 12.2.